The summed E-state index contributed by atoms with van der Waals surface area (Å²) in [5.74, 6) is 1.60. The molecule has 2 nitrogen and oxygen atoms in total. The molecule has 10 radical (unpaired) electrons. The number of Topliss-reactive ketones (excluding diaryl/α,β-unsaturated/α-hetero) is 1. The first-order valence-corrected chi connectivity index (χ1v) is 10.7. The summed E-state index contributed by atoms with van der Waals surface area (Å²) in [6.07, 6.45) is 16.5. The zero-order valence-corrected chi connectivity index (χ0v) is 19.1. The average Bonchev–Trinajstić information content (AvgIpc) is 3.36. The van der Waals surface area contributed by atoms with Crippen molar-refractivity contribution in [2.45, 2.75) is 24.7 Å². The second-order valence-corrected chi connectivity index (χ2v) is 9.34. The van der Waals surface area contributed by atoms with E-state index in [1.54, 1.807) is 0 Å². The molecule has 27 heavy (non-hydrogen) atoms. The Hall–Kier alpha value is -0.111. The summed E-state index contributed by atoms with van der Waals surface area (Å²) in [7, 11) is 4.18. The third kappa shape index (κ3) is 8.03. The molecule has 4 heteroatoms. The number of nitrogens with zero attached hydrogens (tertiary/aromatic N) is 1. The first kappa shape index (κ1) is 24.9. The summed E-state index contributed by atoms with van der Waals surface area (Å²) >= 11 is 0.163. The van der Waals surface area contributed by atoms with E-state index < -0.39 is 0 Å². The predicted molar refractivity (Wildman–Crippen MR) is 110 cm³/mol. The zero-order chi connectivity index (χ0) is 18.9. The van der Waals surface area contributed by atoms with Crippen molar-refractivity contribution in [3.8, 4) is 0 Å². The van der Waals surface area contributed by atoms with E-state index >= 15 is 0 Å². The number of carbonyl (C=O) groups is 1. The van der Waals surface area contributed by atoms with Gasteiger partial charge < -0.3 is 0 Å². The third-order valence-electron chi connectivity index (χ3n) is 4.32. The summed E-state index contributed by atoms with van der Waals surface area (Å²) in [6.45, 7) is 4.25. The molecule has 0 spiro atoms. The van der Waals surface area contributed by atoms with E-state index in [1.807, 2.05) is 69.4 Å². The maximum atomic E-state index is 12.5. The Morgan fingerprint density at radius 1 is 0.889 bits per heavy atom. The van der Waals surface area contributed by atoms with Gasteiger partial charge in [0.15, 0.2) is 0 Å². The molecule has 0 aliphatic heterocycles. The van der Waals surface area contributed by atoms with Crippen molar-refractivity contribution in [2.75, 3.05) is 14.1 Å². The van der Waals surface area contributed by atoms with Crippen molar-refractivity contribution in [1.29, 1.82) is 0 Å². The van der Waals surface area contributed by atoms with Gasteiger partial charge in [0.2, 0.25) is 0 Å². The van der Waals surface area contributed by atoms with Gasteiger partial charge in [-0.05, 0) is 32.1 Å². The molecule has 1 aromatic carbocycles. The van der Waals surface area contributed by atoms with Crippen LogP contribution >= 0.6 is 0 Å². The smallest absolute Gasteiger partial charge is 0.0312 e. The van der Waals surface area contributed by atoms with Gasteiger partial charge in [0.05, 0.1) is 0 Å². The molecule has 0 heterocycles. The molecular weight excluding hydrogens is 441 g/mol. The summed E-state index contributed by atoms with van der Waals surface area (Å²) < 4.78 is 0. The van der Waals surface area contributed by atoms with E-state index in [9.17, 15) is 4.79 Å². The van der Waals surface area contributed by atoms with Gasteiger partial charge in [-0.3, -0.25) is 0 Å². The Kier molecular flexibility index (Phi) is 12.2. The topological polar surface area (TPSA) is 20.3 Å². The van der Waals surface area contributed by atoms with Crippen LogP contribution in [0.3, 0.4) is 0 Å². The van der Waals surface area contributed by atoms with Gasteiger partial charge in [-0.2, -0.15) is 0 Å². The van der Waals surface area contributed by atoms with Crippen LogP contribution in [0.1, 0.15) is 24.2 Å². The molecule has 1 unspecified atom stereocenters. The molecule has 142 valence electrons. The van der Waals surface area contributed by atoms with Crippen LogP contribution in [0.15, 0.2) is 30.3 Å². The number of benzene rings is 1. The Labute approximate surface area is 183 Å². The number of hydrogen-bond acceptors (Lipinski definition) is 2. The van der Waals surface area contributed by atoms with E-state index in [-0.39, 0.29) is 42.6 Å². The Morgan fingerprint density at radius 2 is 1.44 bits per heavy atom. The maximum Gasteiger partial charge on any atom is 2.00 e. The van der Waals surface area contributed by atoms with Gasteiger partial charge in [-0.1, -0.05) is 0 Å². The molecule has 0 saturated heterocycles. The molecule has 2 aliphatic carbocycles. The Bertz CT molecular complexity index is 525. The fourth-order valence-electron chi connectivity index (χ4n) is 2.55. The molecule has 0 N–H and O–H groups in total. The summed E-state index contributed by atoms with van der Waals surface area (Å²) in [6, 6.07) is 9.99. The van der Waals surface area contributed by atoms with Crippen molar-refractivity contribution in [3.63, 3.8) is 0 Å². The number of ketones is 1. The molecule has 2 fully saturated rings. The number of rotatable bonds is 6. The van der Waals surface area contributed by atoms with Crippen molar-refractivity contribution in [1.82, 2.24) is 4.90 Å². The first-order chi connectivity index (χ1) is 12.5. The van der Waals surface area contributed by atoms with Crippen molar-refractivity contribution in [3.05, 3.63) is 98.0 Å². The van der Waals surface area contributed by atoms with E-state index in [1.165, 1.54) is 10.7 Å². The van der Waals surface area contributed by atoms with Gasteiger partial charge in [0.25, 0.3) is 0 Å². The Balaban J connectivity index is 0.000000526. The van der Waals surface area contributed by atoms with Gasteiger partial charge >= 0.3 is 152 Å². The molecule has 2 atom stereocenters. The van der Waals surface area contributed by atoms with Gasteiger partial charge in [-0.15, -0.1) is 0 Å². The minimum absolute atomic E-state index is 0. The summed E-state index contributed by atoms with van der Waals surface area (Å²) in [4.78, 5) is 16.1. The number of carbonyl (C=O) groups excluding carboxylic acids is 1. The first-order valence-electron chi connectivity index (χ1n) is 8.85. The summed E-state index contributed by atoms with van der Waals surface area (Å²) in [5, 5.41) is 0. The van der Waals surface area contributed by atoms with E-state index in [4.69, 9.17) is 0 Å². The molecule has 3 rings (SSSR count). The maximum absolute atomic E-state index is 12.5. The van der Waals surface area contributed by atoms with Crippen LogP contribution in [0, 0.1) is 62.1 Å². The molecule has 1 aromatic rings. The Morgan fingerprint density at radius 3 is 1.96 bits per heavy atom. The average molecular weight is 468 g/mol. The van der Waals surface area contributed by atoms with E-state index in [2.05, 4.69) is 45.2 Å². The summed E-state index contributed by atoms with van der Waals surface area (Å²) in [5.41, 5.74) is 0.820. The molecule has 0 amide bonds. The SMILES string of the molecule is CC([Se][C]1[CH][CH][CH][C]1[C@@H](C)N(C)C)C(=O)c1ccccc1.[CH]1[CH][CH][CH][CH]1.[Fe+2]. The van der Waals surface area contributed by atoms with Crippen molar-refractivity contribution < 1.29 is 21.9 Å². The molecule has 0 aromatic heterocycles. The standard InChI is InChI=1S/C18H22NOSe.C5H5.Fe/c1-13(19(3)4)16-11-8-12-17(16)21-14(2)18(20)15-9-6-5-7-10-15;1-2-4-5-3-1;/h5-14H,1-4H3;1-5H;/q;;+2/t13-,14?;;/m1../s1. The normalized spacial score (nSPS) is 19.9. The van der Waals surface area contributed by atoms with Crippen LogP contribution in [0.5, 0.6) is 0 Å². The molecule has 2 saturated carbocycles. The quantitative estimate of drug-likeness (QED) is 0.464. The zero-order valence-electron chi connectivity index (χ0n) is 16.3. The van der Waals surface area contributed by atoms with Crippen LogP contribution in [-0.2, 0) is 17.1 Å². The molecular formula is C23H27FeNOSe+2. The second-order valence-electron chi connectivity index (χ2n) is 6.44. The van der Waals surface area contributed by atoms with E-state index in [0.29, 0.717) is 6.04 Å². The minimum Gasteiger partial charge on any atom is -0.0312 e. The van der Waals surface area contributed by atoms with Crippen LogP contribution in [0.2, 0.25) is 4.82 Å². The third-order valence-corrected chi connectivity index (χ3v) is 6.82. The van der Waals surface area contributed by atoms with Crippen LogP contribution in [0.25, 0.3) is 0 Å². The van der Waals surface area contributed by atoms with Gasteiger partial charge in [0, 0.05) is 0 Å². The fraction of sp³-hybridized carbons (Fsp3) is 0.261. The van der Waals surface area contributed by atoms with Crippen LogP contribution < -0.4 is 0 Å². The predicted octanol–water partition coefficient (Wildman–Crippen LogP) is 4.08. The largest absolute Gasteiger partial charge is 2.00 e. The second kappa shape index (κ2) is 13.2. The molecule has 2 aliphatic rings. The van der Waals surface area contributed by atoms with Crippen LogP contribution in [-0.4, -0.2) is 45.8 Å². The van der Waals surface area contributed by atoms with Crippen LogP contribution in [0.4, 0.5) is 0 Å². The van der Waals surface area contributed by atoms with Gasteiger partial charge in [-0.25, -0.2) is 0 Å². The monoisotopic (exact) mass is 469 g/mol. The fourth-order valence-corrected chi connectivity index (χ4v) is 4.98. The minimum atomic E-state index is 0. The van der Waals surface area contributed by atoms with E-state index in [0.717, 1.165) is 5.56 Å². The van der Waals surface area contributed by atoms with Gasteiger partial charge in [0.1, 0.15) is 0 Å². The molecule has 0 bridgehead atoms. The van der Waals surface area contributed by atoms with Crippen molar-refractivity contribution >= 4 is 20.7 Å². The van der Waals surface area contributed by atoms with Crippen molar-refractivity contribution in [2.24, 2.45) is 0 Å². The number of hydrogen-bond donors (Lipinski definition) is 0.